The van der Waals surface area contributed by atoms with Gasteiger partial charge in [0.25, 0.3) is 0 Å². The molecule has 0 fully saturated rings. The van der Waals surface area contributed by atoms with Crippen molar-refractivity contribution < 1.29 is 17.9 Å². The van der Waals surface area contributed by atoms with E-state index in [1.54, 1.807) is 24.3 Å². The maximum Gasteiger partial charge on any atom is 0.416 e. The van der Waals surface area contributed by atoms with Crippen LogP contribution in [0.25, 0.3) is 11.1 Å². The van der Waals surface area contributed by atoms with Gasteiger partial charge in [0.1, 0.15) is 12.4 Å². The van der Waals surface area contributed by atoms with Crippen molar-refractivity contribution in [3.8, 4) is 16.9 Å². The number of ether oxygens (including phenoxy) is 1. The van der Waals surface area contributed by atoms with Crippen LogP contribution in [0.1, 0.15) is 11.1 Å². The molecule has 0 amide bonds. The number of halogens is 3. The van der Waals surface area contributed by atoms with Gasteiger partial charge in [-0.2, -0.15) is 13.2 Å². The van der Waals surface area contributed by atoms with Gasteiger partial charge in [-0.15, -0.1) is 0 Å². The third kappa shape index (κ3) is 4.12. The molecule has 128 valence electrons. The molecule has 0 aromatic heterocycles. The second-order valence-corrected chi connectivity index (χ2v) is 5.61. The Morgan fingerprint density at radius 1 is 0.800 bits per heavy atom. The lowest BCUT2D eigenvalue weighted by Crippen LogP contribution is -2.04. The van der Waals surface area contributed by atoms with Gasteiger partial charge in [0.05, 0.1) is 11.3 Å². The van der Waals surface area contributed by atoms with E-state index in [1.807, 2.05) is 30.3 Å². The summed E-state index contributed by atoms with van der Waals surface area (Å²) in [6, 6.07) is 19.8. The Morgan fingerprint density at radius 3 is 2.20 bits per heavy atom. The van der Waals surface area contributed by atoms with E-state index in [0.29, 0.717) is 29.2 Å². The van der Waals surface area contributed by atoms with Crippen LogP contribution in [0.3, 0.4) is 0 Å². The zero-order valence-electron chi connectivity index (χ0n) is 13.3. The van der Waals surface area contributed by atoms with Crippen LogP contribution in [0.5, 0.6) is 5.75 Å². The molecular formula is C20H16F3NO. The largest absolute Gasteiger partial charge is 0.487 e. The Kier molecular flexibility index (Phi) is 4.65. The number of benzene rings is 3. The molecule has 3 aromatic carbocycles. The third-order valence-corrected chi connectivity index (χ3v) is 3.77. The van der Waals surface area contributed by atoms with Crippen LogP contribution in [0, 0.1) is 0 Å². The molecule has 0 atom stereocenters. The highest BCUT2D eigenvalue weighted by Gasteiger charge is 2.30. The van der Waals surface area contributed by atoms with Gasteiger partial charge in [0.15, 0.2) is 0 Å². The molecular weight excluding hydrogens is 327 g/mol. The normalized spacial score (nSPS) is 11.3. The molecule has 0 spiro atoms. The Hall–Kier alpha value is -2.95. The predicted molar refractivity (Wildman–Crippen MR) is 92.1 cm³/mol. The molecule has 0 aliphatic rings. The number of nitrogens with two attached hydrogens (primary N) is 1. The fourth-order valence-electron chi connectivity index (χ4n) is 2.47. The highest BCUT2D eigenvalue weighted by molar-refractivity contribution is 5.71. The van der Waals surface area contributed by atoms with Crippen LogP contribution < -0.4 is 10.5 Å². The topological polar surface area (TPSA) is 35.2 Å². The molecule has 2 N–H and O–H groups in total. The summed E-state index contributed by atoms with van der Waals surface area (Å²) in [5, 5.41) is 0. The van der Waals surface area contributed by atoms with Crippen molar-refractivity contribution >= 4 is 5.69 Å². The molecule has 0 bridgehead atoms. The SMILES string of the molecule is Nc1cc(-c2cccc(C(F)(F)F)c2)ccc1OCc1ccccc1. The fraction of sp³-hybridized carbons (Fsp3) is 0.100. The van der Waals surface area contributed by atoms with Crippen molar-refractivity contribution in [2.45, 2.75) is 12.8 Å². The smallest absolute Gasteiger partial charge is 0.416 e. The van der Waals surface area contributed by atoms with E-state index >= 15 is 0 Å². The van der Waals surface area contributed by atoms with Gasteiger partial charge >= 0.3 is 6.18 Å². The van der Waals surface area contributed by atoms with Gasteiger partial charge in [-0.05, 0) is 41.0 Å². The minimum atomic E-state index is -4.37. The van der Waals surface area contributed by atoms with Crippen LogP contribution in [-0.2, 0) is 12.8 Å². The molecule has 3 rings (SSSR count). The zero-order valence-corrected chi connectivity index (χ0v) is 13.3. The van der Waals surface area contributed by atoms with Crippen molar-refractivity contribution in [1.82, 2.24) is 0 Å². The van der Waals surface area contributed by atoms with Crippen LogP contribution in [-0.4, -0.2) is 0 Å². The van der Waals surface area contributed by atoms with Crippen molar-refractivity contribution in [1.29, 1.82) is 0 Å². The first-order chi connectivity index (χ1) is 11.9. The molecule has 0 heterocycles. The Bertz CT molecular complexity index is 860. The Labute approximate surface area is 143 Å². The monoisotopic (exact) mass is 343 g/mol. The van der Waals surface area contributed by atoms with E-state index in [2.05, 4.69) is 0 Å². The number of hydrogen-bond acceptors (Lipinski definition) is 2. The lowest BCUT2D eigenvalue weighted by Gasteiger charge is -2.12. The molecule has 2 nitrogen and oxygen atoms in total. The molecule has 0 saturated heterocycles. The Morgan fingerprint density at radius 2 is 1.52 bits per heavy atom. The van der Waals surface area contributed by atoms with E-state index < -0.39 is 11.7 Å². The van der Waals surface area contributed by atoms with Crippen molar-refractivity contribution in [2.24, 2.45) is 0 Å². The Balaban J connectivity index is 1.80. The summed E-state index contributed by atoms with van der Waals surface area (Å²) >= 11 is 0. The first kappa shape index (κ1) is 16.9. The molecule has 0 aliphatic heterocycles. The summed E-state index contributed by atoms with van der Waals surface area (Å²) in [5.74, 6) is 0.500. The van der Waals surface area contributed by atoms with Crippen LogP contribution in [0.4, 0.5) is 18.9 Å². The molecule has 25 heavy (non-hydrogen) atoms. The number of alkyl halides is 3. The standard InChI is InChI=1S/C20H16F3NO/c21-20(22,23)17-8-4-7-15(11-17)16-9-10-19(18(24)12-16)25-13-14-5-2-1-3-6-14/h1-12H,13,24H2. The van der Waals surface area contributed by atoms with E-state index in [1.165, 1.54) is 6.07 Å². The third-order valence-electron chi connectivity index (χ3n) is 3.77. The second-order valence-electron chi connectivity index (χ2n) is 5.61. The van der Waals surface area contributed by atoms with Crippen LogP contribution >= 0.6 is 0 Å². The molecule has 0 saturated carbocycles. The lowest BCUT2D eigenvalue weighted by atomic mass is 10.0. The summed E-state index contributed by atoms with van der Waals surface area (Å²) in [6.45, 7) is 0.369. The molecule has 5 heteroatoms. The van der Waals surface area contributed by atoms with E-state index in [9.17, 15) is 13.2 Å². The minimum Gasteiger partial charge on any atom is -0.487 e. The maximum absolute atomic E-state index is 12.8. The first-order valence-electron chi connectivity index (χ1n) is 7.67. The summed E-state index contributed by atoms with van der Waals surface area (Å²) in [4.78, 5) is 0. The molecule has 3 aromatic rings. The minimum absolute atomic E-state index is 0.369. The predicted octanol–water partition coefficient (Wildman–Crippen LogP) is 5.53. The van der Waals surface area contributed by atoms with E-state index in [0.717, 1.165) is 17.7 Å². The summed E-state index contributed by atoms with van der Waals surface area (Å²) in [6.07, 6.45) is -4.37. The quantitative estimate of drug-likeness (QED) is 0.632. The van der Waals surface area contributed by atoms with E-state index in [-0.39, 0.29) is 0 Å². The average Bonchev–Trinajstić information content (AvgIpc) is 2.61. The fourth-order valence-corrected chi connectivity index (χ4v) is 2.47. The lowest BCUT2D eigenvalue weighted by molar-refractivity contribution is -0.137. The van der Waals surface area contributed by atoms with Crippen molar-refractivity contribution in [3.05, 3.63) is 83.9 Å². The maximum atomic E-state index is 12.8. The van der Waals surface area contributed by atoms with Crippen molar-refractivity contribution in [3.63, 3.8) is 0 Å². The number of nitrogen functional groups attached to an aromatic ring is 1. The van der Waals surface area contributed by atoms with Crippen LogP contribution in [0.2, 0.25) is 0 Å². The zero-order chi connectivity index (χ0) is 17.9. The number of rotatable bonds is 4. The summed E-state index contributed by atoms with van der Waals surface area (Å²) < 4.78 is 44.2. The van der Waals surface area contributed by atoms with E-state index in [4.69, 9.17) is 10.5 Å². The highest BCUT2D eigenvalue weighted by atomic mass is 19.4. The average molecular weight is 343 g/mol. The summed E-state index contributed by atoms with van der Waals surface area (Å²) in [7, 11) is 0. The van der Waals surface area contributed by atoms with Crippen LogP contribution in [0.15, 0.2) is 72.8 Å². The van der Waals surface area contributed by atoms with Gasteiger partial charge in [0, 0.05) is 0 Å². The van der Waals surface area contributed by atoms with Gasteiger partial charge < -0.3 is 10.5 Å². The van der Waals surface area contributed by atoms with Gasteiger partial charge in [-0.25, -0.2) is 0 Å². The summed E-state index contributed by atoms with van der Waals surface area (Å²) in [5.41, 5.74) is 7.76. The highest BCUT2D eigenvalue weighted by Crippen LogP contribution is 2.34. The number of anilines is 1. The second kappa shape index (κ2) is 6.89. The number of hydrogen-bond donors (Lipinski definition) is 1. The molecule has 0 aliphatic carbocycles. The molecule has 0 unspecified atom stereocenters. The first-order valence-corrected chi connectivity index (χ1v) is 7.67. The van der Waals surface area contributed by atoms with Gasteiger partial charge in [0.2, 0.25) is 0 Å². The molecule has 0 radical (unpaired) electrons. The van der Waals surface area contributed by atoms with Crippen molar-refractivity contribution in [2.75, 3.05) is 5.73 Å². The van der Waals surface area contributed by atoms with Gasteiger partial charge in [-0.1, -0.05) is 48.5 Å². The van der Waals surface area contributed by atoms with Gasteiger partial charge in [-0.3, -0.25) is 0 Å².